The van der Waals surface area contributed by atoms with E-state index in [1.807, 2.05) is 0 Å². The number of hydrogen-bond donors (Lipinski definition) is 2. The van der Waals surface area contributed by atoms with Gasteiger partial charge < -0.3 is 0 Å². The Labute approximate surface area is 249 Å². The number of alkyl halides is 6. The fourth-order valence-electron chi connectivity index (χ4n) is 4.66. The van der Waals surface area contributed by atoms with Crippen molar-refractivity contribution in [2.75, 3.05) is 0 Å². The van der Waals surface area contributed by atoms with Crippen LogP contribution < -0.4 is 0 Å². The van der Waals surface area contributed by atoms with Gasteiger partial charge in [-0.1, -0.05) is 24.3 Å². The molecule has 1 aliphatic rings. The van der Waals surface area contributed by atoms with Crippen molar-refractivity contribution in [2.24, 2.45) is 0 Å². The van der Waals surface area contributed by atoms with Crippen LogP contribution in [0.3, 0.4) is 0 Å². The molecule has 0 saturated heterocycles. The molecule has 1 aliphatic carbocycles. The quantitative estimate of drug-likeness (QED) is 0.158. The maximum atomic E-state index is 15.4. The lowest BCUT2D eigenvalue weighted by Crippen LogP contribution is -2.48. The molecule has 5 rings (SSSR count). The third-order valence-electron chi connectivity index (χ3n) is 6.83. The van der Waals surface area contributed by atoms with Crippen LogP contribution in [0.4, 0.5) is 26.3 Å². The predicted octanol–water partition coefficient (Wildman–Crippen LogP) is 8.08. The van der Waals surface area contributed by atoms with E-state index in [1.165, 1.54) is 50.2 Å². The third kappa shape index (κ3) is 5.03. The highest BCUT2D eigenvalue weighted by Crippen LogP contribution is 2.66. The van der Waals surface area contributed by atoms with E-state index in [9.17, 15) is 34.7 Å². The fourth-order valence-corrected chi connectivity index (χ4v) is 8.15. The zero-order chi connectivity index (χ0) is 31.9. The summed E-state index contributed by atoms with van der Waals surface area (Å²) in [6.45, 7) is 2.58. The highest BCUT2D eigenvalue weighted by atomic mass is 32.2. The Morgan fingerprint density at radius 3 is 1.16 bits per heavy atom. The molecule has 6 nitrogen and oxygen atoms in total. The molecule has 2 N–H and O–H groups in total. The number of hydrogen-bond acceptors (Lipinski definition) is 6. The molecule has 0 aliphatic heterocycles. The second kappa shape index (κ2) is 10.0. The number of rotatable bonds is 6. The van der Waals surface area contributed by atoms with Gasteiger partial charge in [-0.2, -0.15) is 43.2 Å². The average molecular weight is 681 g/mol. The van der Waals surface area contributed by atoms with Crippen molar-refractivity contribution in [1.29, 1.82) is 0 Å². The van der Waals surface area contributed by atoms with Gasteiger partial charge in [-0.3, -0.25) is 9.11 Å². The molecule has 0 bridgehead atoms. The van der Waals surface area contributed by atoms with Crippen molar-refractivity contribution in [3.05, 3.63) is 81.5 Å². The van der Waals surface area contributed by atoms with Crippen molar-refractivity contribution in [2.45, 2.75) is 41.4 Å². The van der Waals surface area contributed by atoms with Crippen molar-refractivity contribution < 1.29 is 52.3 Å². The first-order valence-electron chi connectivity index (χ1n) is 11.9. The lowest BCUT2D eigenvalue weighted by atomic mass is 10.0. The Bertz CT molecular complexity index is 1860. The lowest BCUT2D eigenvalue weighted by Gasteiger charge is -2.25. The Morgan fingerprint density at radius 2 is 0.884 bits per heavy atom. The number of thiophene rings is 2. The van der Waals surface area contributed by atoms with E-state index in [4.69, 9.17) is 0 Å². The lowest BCUT2D eigenvalue weighted by molar-refractivity contribution is -0.254. The van der Waals surface area contributed by atoms with Crippen LogP contribution in [0.25, 0.3) is 32.0 Å². The van der Waals surface area contributed by atoms with Gasteiger partial charge in [-0.15, -0.1) is 22.7 Å². The maximum Gasteiger partial charge on any atom is 0.380 e. The van der Waals surface area contributed by atoms with Crippen molar-refractivity contribution in [3.63, 3.8) is 0 Å². The standard InChI is InChI=1S/C27H18F6O6S4/c1-13-11-19(15-3-7-17(8-4-15)42(34,35)36)40-23(13)21-22(26(30,31)27(32,33)25(21,28)29)24-14(2)12-20(41-24)16-5-9-18(10-6-16)43(37,38)39/h3-12H,1-2H3,(H,34,35,36)(H,37,38,39). The van der Waals surface area contributed by atoms with Crippen LogP contribution in [-0.2, 0) is 20.2 Å². The number of halogens is 6. The van der Waals surface area contributed by atoms with Gasteiger partial charge >= 0.3 is 17.8 Å². The van der Waals surface area contributed by atoms with Crippen LogP contribution in [-0.4, -0.2) is 43.7 Å². The molecule has 2 heterocycles. The van der Waals surface area contributed by atoms with E-state index in [-0.39, 0.29) is 32.0 Å². The SMILES string of the molecule is Cc1cc(-c2ccc(S(=O)(=O)O)cc2)sc1C1=C(c2sc(-c3ccc(S(=O)(=O)O)cc3)cc2C)C(F)(F)C(F)(F)C1(F)F. The van der Waals surface area contributed by atoms with Crippen LogP contribution in [0.1, 0.15) is 20.9 Å². The summed E-state index contributed by atoms with van der Waals surface area (Å²) in [5.74, 6) is -16.4. The largest absolute Gasteiger partial charge is 0.380 e. The molecule has 228 valence electrons. The fraction of sp³-hybridized carbons (Fsp3) is 0.185. The Kier molecular flexibility index (Phi) is 7.30. The minimum atomic E-state index is -5.79. The van der Waals surface area contributed by atoms with Gasteiger partial charge in [0.1, 0.15) is 0 Å². The van der Waals surface area contributed by atoms with Gasteiger partial charge in [0.2, 0.25) is 0 Å². The van der Waals surface area contributed by atoms with E-state index in [0.29, 0.717) is 22.7 Å². The van der Waals surface area contributed by atoms with Gasteiger partial charge in [0.25, 0.3) is 20.2 Å². The van der Waals surface area contributed by atoms with Gasteiger partial charge in [0, 0.05) is 19.5 Å². The van der Waals surface area contributed by atoms with Gasteiger partial charge in [0.15, 0.2) is 0 Å². The molecule has 0 spiro atoms. The topological polar surface area (TPSA) is 109 Å². The molecule has 2 aromatic heterocycles. The number of benzene rings is 2. The molecule has 0 unspecified atom stereocenters. The van der Waals surface area contributed by atoms with E-state index in [1.54, 1.807) is 0 Å². The normalized spacial score (nSPS) is 17.9. The Balaban J connectivity index is 1.70. The predicted molar refractivity (Wildman–Crippen MR) is 150 cm³/mol. The monoisotopic (exact) mass is 680 g/mol. The van der Waals surface area contributed by atoms with E-state index >= 15 is 17.6 Å². The summed E-state index contributed by atoms with van der Waals surface area (Å²) in [5.41, 5.74) is -2.56. The van der Waals surface area contributed by atoms with Crippen LogP contribution >= 0.6 is 22.7 Å². The Morgan fingerprint density at radius 1 is 0.581 bits per heavy atom. The summed E-state index contributed by atoms with van der Waals surface area (Å²) in [6, 6.07) is 11.8. The first kappa shape index (κ1) is 31.4. The average Bonchev–Trinajstić information content (AvgIpc) is 3.50. The first-order valence-corrected chi connectivity index (χ1v) is 16.5. The molecule has 0 amide bonds. The summed E-state index contributed by atoms with van der Waals surface area (Å²) in [6.07, 6.45) is 0. The zero-order valence-electron chi connectivity index (χ0n) is 21.7. The highest BCUT2D eigenvalue weighted by Gasteiger charge is 2.80. The number of allylic oxidation sites excluding steroid dienone is 2. The number of aryl methyl sites for hydroxylation is 2. The van der Waals surface area contributed by atoms with Gasteiger partial charge in [-0.05, 0) is 72.5 Å². The van der Waals surface area contributed by atoms with Crippen LogP contribution in [0.5, 0.6) is 0 Å². The molecule has 0 saturated carbocycles. The molecule has 2 aromatic carbocycles. The zero-order valence-corrected chi connectivity index (χ0v) is 25.0. The van der Waals surface area contributed by atoms with E-state index < -0.39 is 68.7 Å². The van der Waals surface area contributed by atoms with Crippen LogP contribution in [0, 0.1) is 13.8 Å². The maximum absolute atomic E-state index is 15.4. The summed E-state index contributed by atoms with van der Waals surface area (Å²) < 4.78 is 155. The van der Waals surface area contributed by atoms with E-state index in [0.717, 1.165) is 24.3 Å². The highest BCUT2D eigenvalue weighted by molar-refractivity contribution is 7.86. The molecule has 4 aromatic rings. The second-order valence-corrected chi connectivity index (χ2v) is 14.7. The first-order chi connectivity index (χ1) is 19.7. The van der Waals surface area contributed by atoms with Crippen LogP contribution in [0.15, 0.2) is 70.5 Å². The molecule has 0 radical (unpaired) electrons. The molecular formula is C27H18F6O6S4. The third-order valence-corrected chi connectivity index (χ3v) is 11.2. The summed E-state index contributed by atoms with van der Waals surface area (Å²) in [5, 5.41) is 0. The van der Waals surface area contributed by atoms with Crippen molar-refractivity contribution >= 4 is 54.1 Å². The Hall–Kier alpha value is -3.02. The molecule has 16 heteroatoms. The second-order valence-electron chi connectivity index (χ2n) is 9.72. The smallest absolute Gasteiger partial charge is 0.282 e. The summed E-state index contributed by atoms with van der Waals surface area (Å²) in [4.78, 5) is -1.55. The van der Waals surface area contributed by atoms with Gasteiger partial charge in [0.05, 0.1) is 20.9 Å². The summed E-state index contributed by atoms with van der Waals surface area (Å²) in [7, 11) is -9.07. The van der Waals surface area contributed by atoms with Gasteiger partial charge in [-0.25, -0.2) is 0 Å². The van der Waals surface area contributed by atoms with Crippen LogP contribution in [0.2, 0.25) is 0 Å². The minimum absolute atomic E-state index is 0.00485. The minimum Gasteiger partial charge on any atom is -0.282 e. The molecular weight excluding hydrogens is 663 g/mol. The molecule has 43 heavy (non-hydrogen) atoms. The van der Waals surface area contributed by atoms with Crippen molar-refractivity contribution in [3.8, 4) is 20.9 Å². The van der Waals surface area contributed by atoms with Crippen molar-refractivity contribution in [1.82, 2.24) is 0 Å². The molecule has 0 fully saturated rings. The van der Waals surface area contributed by atoms with E-state index in [2.05, 4.69) is 0 Å². The molecule has 0 atom stereocenters. The summed E-state index contributed by atoms with van der Waals surface area (Å²) >= 11 is 1.09.